The van der Waals surface area contributed by atoms with Gasteiger partial charge in [-0.15, -0.1) is 0 Å². The zero-order valence-corrected chi connectivity index (χ0v) is 19.5. The van der Waals surface area contributed by atoms with Crippen molar-refractivity contribution in [3.63, 3.8) is 0 Å². The molecule has 0 saturated carbocycles. The third-order valence-corrected chi connectivity index (χ3v) is 6.43. The Bertz CT molecular complexity index is 1600. The lowest BCUT2D eigenvalue weighted by Gasteiger charge is -2.08. The Hall–Kier alpha value is -3.98. The number of aromatic nitrogens is 3. The molecule has 0 aliphatic heterocycles. The second-order valence-corrected chi connectivity index (χ2v) is 8.53. The molecular formula is C25H18BrN3O5. The quantitative estimate of drug-likeness (QED) is 0.299. The molecular weight excluding hydrogens is 502 g/mol. The van der Waals surface area contributed by atoms with Crippen LogP contribution >= 0.6 is 15.9 Å². The van der Waals surface area contributed by atoms with Gasteiger partial charge in [-0.3, -0.25) is 0 Å². The third-order valence-electron chi connectivity index (χ3n) is 5.64. The van der Waals surface area contributed by atoms with Gasteiger partial charge in [0.2, 0.25) is 0 Å². The molecule has 3 heterocycles. The highest BCUT2D eigenvalue weighted by atomic mass is 79.9. The highest BCUT2D eigenvalue weighted by molar-refractivity contribution is 9.10. The summed E-state index contributed by atoms with van der Waals surface area (Å²) in [5, 5.41) is 19.7. The smallest absolute Gasteiger partial charge is 0.354 e. The van der Waals surface area contributed by atoms with Gasteiger partial charge in [0.15, 0.2) is 11.3 Å². The molecule has 0 atom stereocenters. The zero-order valence-electron chi connectivity index (χ0n) is 17.9. The molecule has 8 nitrogen and oxygen atoms in total. The maximum atomic E-state index is 11.7. The predicted molar refractivity (Wildman–Crippen MR) is 129 cm³/mol. The van der Waals surface area contributed by atoms with E-state index in [0.29, 0.717) is 45.5 Å². The van der Waals surface area contributed by atoms with Crippen LogP contribution in [0.3, 0.4) is 0 Å². The highest BCUT2D eigenvalue weighted by Crippen LogP contribution is 2.39. The van der Waals surface area contributed by atoms with Crippen molar-refractivity contribution in [1.29, 1.82) is 0 Å². The van der Waals surface area contributed by atoms with Crippen LogP contribution in [-0.4, -0.2) is 36.7 Å². The van der Waals surface area contributed by atoms with Crippen molar-refractivity contribution < 1.29 is 24.2 Å². The molecule has 0 bridgehead atoms. The van der Waals surface area contributed by atoms with Gasteiger partial charge in [-0.2, -0.15) is 0 Å². The van der Waals surface area contributed by atoms with Gasteiger partial charge in [-0.25, -0.2) is 19.6 Å². The van der Waals surface area contributed by atoms with Crippen molar-refractivity contribution in [1.82, 2.24) is 14.5 Å². The Morgan fingerprint density at radius 1 is 1.03 bits per heavy atom. The van der Waals surface area contributed by atoms with E-state index < -0.39 is 11.9 Å². The van der Waals surface area contributed by atoms with Gasteiger partial charge in [0.05, 0.1) is 16.6 Å². The number of carboxylic acids is 2. The zero-order chi connectivity index (χ0) is 24.0. The van der Waals surface area contributed by atoms with Crippen molar-refractivity contribution in [2.24, 2.45) is 0 Å². The van der Waals surface area contributed by atoms with E-state index >= 15 is 0 Å². The van der Waals surface area contributed by atoms with E-state index in [-0.39, 0.29) is 11.3 Å². The van der Waals surface area contributed by atoms with Crippen molar-refractivity contribution in [2.45, 2.75) is 19.9 Å². The van der Waals surface area contributed by atoms with E-state index in [0.717, 1.165) is 16.8 Å². The number of carbonyl (C=O) groups is 2. The number of carboxylic acid groups (broad SMARTS) is 2. The van der Waals surface area contributed by atoms with Crippen LogP contribution in [0.15, 0.2) is 63.5 Å². The number of aryl methyl sites for hydroxylation is 1. The van der Waals surface area contributed by atoms with Gasteiger partial charge in [0, 0.05) is 17.4 Å². The molecule has 0 aliphatic rings. The predicted octanol–water partition coefficient (Wildman–Crippen LogP) is 5.61. The Morgan fingerprint density at radius 2 is 1.82 bits per heavy atom. The summed E-state index contributed by atoms with van der Waals surface area (Å²) in [5.74, 6) is -0.880. The van der Waals surface area contributed by atoms with Crippen LogP contribution in [0.5, 0.6) is 0 Å². The fraction of sp³-hybridized carbons (Fsp3) is 0.120. The van der Waals surface area contributed by atoms with E-state index in [4.69, 9.17) is 4.42 Å². The molecule has 0 spiro atoms. The SMILES string of the molecule is CCc1nc2ccc(C(=O)O)nc2n1Cc1ccc2oc(-c3ccccc3C(=O)O)c(Br)c2c1. The Kier molecular flexibility index (Phi) is 5.41. The summed E-state index contributed by atoms with van der Waals surface area (Å²) in [4.78, 5) is 32.0. The molecule has 0 fully saturated rings. The van der Waals surface area contributed by atoms with Crippen LogP contribution < -0.4 is 0 Å². The summed E-state index contributed by atoms with van der Waals surface area (Å²) in [6.45, 7) is 2.42. The van der Waals surface area contributed by atoms with Gasteiger partial charge in [0.1, 0.15) is 22.7 Å². The van der Waals surface area contributed by atoms with E-state index in [9.17, 15) is 19.8 Å². The summed E-state index contributed by atoms with van der Waals surface area (Å²) < 4.78 is 8.59. The molecule has 2 N–H and O–H groups in total. The number of hydrogen-bond donors (Lipinski definition) is 2. The topological polar surface area (TPSA) is 118 Å². The number of hydrogen-bond acceptors (Lipinski definition) is 5. The fourth-order valence-corrected chi connectivity index (χ4v) is 4.64. The molecule has 34 heavy (non-hydrogen) atoms. The van der Waals surface area contributed by atoms with Crippen LogP contribution in [0.1, 0.15) is 39.2 Å². The minimum absolute atomic E-state index is 0.0360. The number of pyridine rings is 1. The minimum Gasteiger partial charge on any atom is -0.478 e. The van der Waals surface area contributed by atoms with E-state index in [2.05, 4.69) is 25.9 Å². The second-order valence-electron chi connectivity index (χ2n) is 7.74. The molecule has 3 aromatic heterocycles. The third kappa shape index (κ3) is 3.63. The van der Waals surface area contributed by atoms with Crippen molar-refractivity contribution in [3.05, 3.63) is 81.7 Å². The maximum absolute atomic E-state index is 11.7. The molecule has 0 unspecified atom stereocenters. The molecule has 0 aliphatic carbocycles. The fourth-order valence-electron chi connectivity index (χ4n) is 4.04. The lowest BCUT2D eigenvalue weighted by atomic mass is 10.0. The minimum atomic E-state index is -1.09. The molecule has 0 radical (unpaired) electrons. The molecule has 5 rings (SSSR count). The van der Waals surface area contributed by atoms with Gasteiger partial charge in [0.25, 0.3) is 0 Å². The van der Waals surface area contributed by atoms with Gasteiger partial charge < -0.3 is 19.2 Å². The lowest BCUT2D eigenvalue weighted by Crippen LogP contribution is -2.07. The van der Waals surface area contributed by atoms with Crippen molar-refractivity contribution >= 4 is 50.0 Å². The molecule has 2 aromatic carbocycles. The summed E-state index contributed by atoms with van der Waals surface area (Å²) in [6.07, 6.45) is 0.659. The van der Waals surface area contributed by atoms with Crippen LogP contribution in [0.4, 0.5) is 0 Å². The molecule has 170 valence electrons. The van der Waals surface area contributed by atoms with E-state index in [1.54, 1.807) is 24.3 Å². The summed E-state index contributed by atoms with van der Waals surface area (Å²) in [6, 6.07) is 15.5. The number of aromatic carboxylic acids is 2. The maximum Gasteiger partial charge on any atom is 0.354 e. The summed E-state index contributed by atoms with van der Waals surface area (Å²) >= 11 is 3.59. The summed E-state index contributed by atoms with van der Waals surface area (Å²) in [7, 11) is 0. The summed E-state index contributed by atoms with van der Waals surface area (Å²) in [5.41, 5.74) is 3.30. The average molecular weight is 520 g/mol. The van der Waals surface area contributed by atoms with Crippen LogP contribution in [0, 0.1) is 0 Å². The Morgan fingerprint density at radius 3 is 2.56 bits per heavy atom. The Labute approximate surface area is 201 Å². The van der Waals surface area contributed by atoms with Crippen LogP contribution in [-0.2, 0) is 13.0 Å². The van der Waals surface area contributed by atoms with Crippen molar-refractivity contribution in [3.8, 4) is 11.3 Å². The first kappa shape index (κ1) is 21.8. The van der Waals surface area contributed by atoms with Crippen LogP contribution in [0.2, 0.25) is 0 Å². The number of imidazole rings is 1. The Balaban J connectivity index is 1.60. The van der Waals surface area contributed by atoms with Gasteiger partial charge in [-0.1, -0.05) is 31.2 Å². The average Bonchev–Trinajstić information content (AvgIpc) is 3.35. The molecule has 0 amide bonds. The first-order valence-corrected chi connectivity index (χ1v) is 11.3. The number of benzene rings is 2. The number of halogens is 1. The first-order chi connectivity index (χ1) is 16.4. The number of rotatable bonds is 6. The van der Waals surface area contributed by atoms with Crippen LogP contribution in [0.25, 0.3) is 33.5 Å². The standard InChI is InChI=1S/C25H18BrN3O5/c1-2-20-27-17-8-9-18(25(32)33)28-23(17)29(20)12-13-7-10-19-16(11-13)21(26)22(34-19)14-5-3-4-6-15(14)24(30)31/h3-11H,2,12H2,1H3,(H,30,31)(H,32,33). The lowest BCUT2D eigenvalue weighted by molar-refractivity contribution is 0.0683. The van der Waals surface area contributed by atoms with E-state index in [1.807, 2.05) is 29.7 Å². The molecule has 9 heteroatoms. The van der Waals surface area contributed by atoms with E-state index in [1.165, 1.54) is 12.1 Å². The monoisotopic (exact) mass is 519 g/mol. The molecule has 0 saturated heterocycles. The van der Waals surface area contributed by atoms with Gasteiger partial charge in [-0.05, 0) is 51.8 Å². The number of furan rings is 1. The first-order valence-electron chi connectivity index (χ1n) is 10.5. The second kappa shape index (κ2) is 8.42. The van der Waals surface area contributed by atoms with Crippen molar-refractivity contribution in [2.75, 3.05) is 0 Å². The van der Waals surface area contributed by atoms with Gasteiger partial charge >= 0.3 is 11.9 Å². The number of fused-ring (bicyclic) bond motifs is 2. The number of nitrogens with zero attached hydrogens (tertiary/aromatic N) is 3. The normalized spacial score (nSPS) is 11.4. The highest BCUT2D eigenvalue weighted by Gasteiger charge is 2.20. The largest absolute Gasteiger partial charge is 0.478 e. The molecule has 5 aromatic rings.